The van der Waals surface area contributed by atoms with E-state index in [9.17, 15) is 0 Å². The molecule has 0 aromatic heterocycles. The highest BCUT2D eigenvalue weighted by molar-refractivity contribution is 6.74. The molecule has 1 aliphatic rings. The molecule has 1 saturated heterocycles. The van der Waals surface area contributed by atoms with Gasteiger partial charge in [0, 0.05) is 6.61 Å². The molecule has 3 nitrogen and oxygen atoms in total. The maximum atomic E-state index is 6.31. The van der Waals surface area contributed by atoms with E-state index < -0.39 is 14.1 Å². The largest absolute Gasteiger partial charge is 0.417 e. The van der Waals surface area contributed by atoms with Crippen LogP contribution in [-0.2, 0) is 13.9 Å². The zero-order valence-corrected chi connectivity index (χ0v) is 16.7. The molecule has 0 bridgehead atoms. The minimum Gasteiger partial charge on any atom is -0.417 e. The number of ether oxygens (including phenoxy) is 2. The summed E-state index contributed by atoms with van der Waals surface area (Å²) < 4.78 is 18.6. The predicted molar refractivity (Wildman–Crippen MR) is 97.0 cm³/mol. The quantitative estimate of drug-likeness (QED) is 0.684. The molecule has 0 aliphatic carbocycles. The lowest BCUT2D eigenvalue weighted by Crippen LogP contribution is -2.41. The zero-order valence-electron chi connectivity index (χ0n) is 15.7. The summed E-state index contributed by atoms with van der Waals surface area (Å²) in [4.78, 5) is 0. The second-order valence-electron chi connectivity index (χ2n) is 8.40. The van der Waals surface area contributed by atoms with E-state index in [0.29, 0.717) is 0 Å². The molecule has 0 amide bonds. The van der Waals surface area contributed by atoms with Crippen molar-refractivity contribution < 1.29 is 13.9 Å². The molecule has 130 valence electrons. The van der Waals surface area contributed by atoms with Gasteiger partial charge in [0.1, 0.15) is 6.10 Å². The molecule has 2 rings (SSSR count). The monoisotopic (exact) mass is 336 g/mol. The summed E-state index contributed by atoms with van der Waals surface area (Å²) in [6.07, 6.45) is 0.876. The third-order valence-corrected chi connectivity index (χ3v) is 9.52. The lowest BCUT2D eigenvalue weighted by atomic mass is 10.0. The molecule has 0 spiro atoms. The van der Waals surface area contributed by atoms with E-state index in [1.165, 1.54) is 5.56 Å². The van der Waals surface area contributed by atoms with Gasteiger partial charge in [0.15, 0.2) is 14.1 Å². The molecule has 0 saturated carbocycles. The SMILES string of the molecule is CC1(C)O[C@@H](CCO[Si](C)(C)C(C)(C)C)[C@H](c2ccccc2)O1. The van der Waals surface area contributed by atoms with Gasteiger partial charge in [-0.05, 0) is 44.0 Å². The van der Waals surface area contributed by atoms with Crippen molar-refractivity contribution in [2.24, 2.45) is 0 Å². The van der Waals surface area contributed by atoms with Crippen LogP contribution in [0.5, 0.6) is 0 Å². The van der Waals surface area contributed by atoms with Gasteiger partial charge in [0.05, 0.1) is 6.10 Å². The van der Waals surface area contributed by atoms with Crippen molar-refractivity contribution in [3.05, 3.63) is 35.9 Å². The van der Waals surface area contributed by atoms with Crippen LogP contribution < -0.4 is 0 Å². The minimum absolute atomic E-state index is 0.0192. The van der Waals surface area contributed by atoms with E-state index in [-0.39, 0.29) is 17.2 Å². The first-order chi connectivity index (χ1) is 10.5. The Morgan fingerprint density at radius 3 is 2.26 bits per heavy atom. The maximum Gasteiger partial charge on any atom is 0.191 e. The molecule has 4 heteroatoms. The summed E-state index contributed by atoms with van der Waals surface area (Å²) in [5.41, 5.74) is 1.18. The van der Waals surface area contributed by atoms with E-state index in [4.69, 9.17) is 13.9 Å². The Kier molecular flexibility index (Phi) is 5.41. The summed E-state index contributed by atoms with van der Waals surface area (Å²) in [6.45, 7) is 16.1. The second kappa shape index (κ2) is 6.67. The van der Waals surface area contributed by atoms with Gasteiger partial charge < -0.3 is 13.9 Å². The average molecular weight is 337 g/mol. The fourth-order valence-corrected chi connectivity index (χ4v) is 3.68. The number of hydrogen-bond acceptors (Lipinski definition) is 3. The highest BCUT2D eigenvalue weighted by Crippen LogP contribution is 2.40. The van der Waals surface area contributed by atoms with E-state index >= 15 is 0 Å². The molecule has 1 aromatic rings. The van der Waals surface area contributed by atoms with Gasteiger partial charge in [0.2, 0.25) is 0 Å². The van der Waals surface area contributed by atoms with E-state index in [0.717, 1.165) is 13.0 Å². The van der Waals surface area contributed by atoms with Crippen LogP contribution in [0.25, 0.3) is 0 Å². The van der Waals surface area contributed by atoms with Crippen molar-refractivity contribution in [1.29, 1.82) is 0 Å². The Morgan fingerprint density at radius 1 is 1.09 bits per heavy atom. The topological polar surface area (TPSA) is 27.7 Å². The Balaban J connectivity index is 2.00. The lowest BCUT2D eigenvalue weighted by Gasteiger charge is -2.36. The summed E-state index contributed by atoms with van der Waals surface area (Å²) in [7, 11) is -1.71. The van der Waals surface area contributed by atoms with Crippen LogP contribution in [0.2, 0.25) is 18.1 Å². The molecule has 0 unspecified atom stereocenters. The zero-order chi connectivity index (χ0) is 17.3. The first kappa shape index (κ1) is 18.7. The van der Waals surface area contributed by atoms with Crippen molar-refractivity contribution >= 4 is 8.32 Å². The fourth-order valence-electron chi connectivity index (χ4n) is 2.62. The van der Waals surface area contributed by atoms with Gasteiger partial charge in [-0.1, -0.05) is 51.1 Å². The Labute approximate surface area is 142 Å². The smallest absolute Gasteiger partial charge is 0.191 e. The molecule has 1 fully saturated rings. The molecule has 1 aromatic carbocycles. The van der Waals surface area contributed by atoms with Crippen molar-refractivity contribution in [2.75, 3.05) is 6.61 Å². The molecule has 1 heterocycles. The van der Waals surface area contributed by atoms with Gasteiger partial charge in [-0.15, -0.1) is 0 Å². The van der Waals surface area contributed by atoms with Crippen LogP contribution >= 0.6 is 0 Å². The molecule has 0 N–H and O–H groups in total. The van der Waals surface area contributed by atoms with Crippen LogP contribution in [-0.4, -0.2) is 26.8 Å². The van der Waals surface area contributed by atoms with Gasteiger partial charge in [0.25, 0.3) is 0 Å². The van der Waals surface area contributed by atoms with E-state index in [2.05, 4.69) is 46.0 Å². The molecular formula is C19H32O3Si. The van der Waals surface area contributed by atoms with Crippen LogP contribution in [0, 0.1) is 0 Å². The summed E-state index contributed by atoms with van der Waals surface area (Å²) >= 11 is 0. The van der Waals surface area contributed by atoms with Gasteiger partial charge in [-0.2, -0.15) is 0 Å². The van der Waals surface area contributed by atoms with Crippen molar-refractivity contribution in [3.63, 3.8) is 0 Å². The predicted octanol–water partition coefficient (Wildman–Crippen LogP) is 5.29. The number of rotatable bonds is 5. The Bertz CT molecular complexity index is 505. The normalized spacial score (nSPS) is 24.8. The fraction of sp³-hybridized carbons (Fsp3) is 0.684. The Hall–Kier alpha value is -0.683. The summed E-state index contributed by atoms with van der Waals surface area (Å²) in [5, 5.41) is 0.234. The van der Waals surface area contributed by atoms with Crippen LogP contribution in [0.1, 0.15) is 52.7 Å². The first-order valence-corrected chi connectivity index (χ1v) is 11.5. The molecule has 23 heavy (non-hydrogen) atoms. The number of benzene rings is 1. The lowest BCUT2D eigenvalue weighted by molar-refractivity contribution is -0.147. The van der Waals surface area contributed by atoms with Crippen molar-refractivity contribution in [2.45, 2.75) is 77.2 Å². The summed E-state index contributed by atoms with van der Waals surface area (Å²) in [5.74, 6) is -0.540. The van der Waals surface area contributed by atoms with Crippen LogP contribution in [0.15, 0.2) is 30.3 Å². The molecule has 0 radical (unpaired) electrons. The Morgan fingerprint density at radius 2 is 1.70 bits per heavy atom. The third kappa shape index (κ3) is 4.66. The molecular weight excluding hydrogens is 304 g/mol. The highest BCUT2D eigenvalue weighted by Gasteiger charge is 2.42. The maximum absolute atomic E-state index is 6.31. The summed E-state index contributed by atoms with van der Waals surface area (Å²) in [6, 6.07) is 10.3. The van der Waals surface area contributed by atoms with Crippen molar-refractivity contribution in [3.8, 4) is 0 Å². The van der Waals surface area contributed by atoms with E-state index in [1.807, 2.05) is 32.0 Å². The molecule has 1 aliphatic heterocycles. The van der Waals surface area contributed by atoms with Crippen LogP contribution in [0.4, 0.5) is 0 Å². The van der Waals surface area contributed by atoms with Gasteiger partial charge >= 0.3 is 0 Å². The van der Waals surface area contributed by atoms with Gasteiger partial charge in [-0.3, -0.25) is 0 Å². The van der Waals surface area contributed by atoms with Crippen LogP contribution in [0.3, 0.4) is 0 Å². The third-order valence-electron chi connectivity index (χ3n) is 4.98. The number of hydrogen-bond donors (Lipinski definition) is 0. The van der Waals surface area contributed by atoms with Crippen molar-refractivity contribution in [1.82, 2.24) is 0 Å². The highest BCUT2D eigenvalue weighted by atomic mass is 28.4. The standard InChI is InChI=1S/C19H32O3Si/c1-18(2,3)23(6,7)20-14-13-16-17(22-19(4,5)21-16)15-11-9-8-10-12-15/h8-12,16-17H,13-14H2,1-7H3/t16-,17-/m0/s1. The average Bonchev–Trinajstić information content (AvgIpc) is 2.73. The van der Waals surface area contributed by atoms with E-state index in [1.54, 1.807) is 0 Å². The molecule has 2 atom stereocenters. The first-order valence-electron chi connectivity index (χ1n) is 8.56. The second-order valence-corrected chi connectivity index (χ2v) is 13.2. The van der Waals surface area contributed by atoms with Gasteiger partial charge in [-0.25, -0.2) is 0 Å². The minimum atomic E-state index is -1.71.